The van der Waals surface area contributed by atoms with Gasteiger partial charge >= 0.3 is 0 Å². The highest BCUT2D eigenvalue weighted by molar-refractivity contribution is 5.78. The monoisotopic (exact) mass is 362 g/mol. The lowest BCUT2D eigenvalue weighted by molar-refractivity contribution is -0.127. The summed E-state index contributed by atoms with van der Waals surface area (Å²) in [5.41, 5.74) is 1.40. The molecule has 2 aliphatic rings. The molecule has 2 N–H and O–H groups in total. The Balaban J connectivity index is 1.42. The number of ether oxygens (including phenoxy) is 2. The number of likely N-dealkylation sites (tertiary alicyclic amines) is 1. The lowest BCUT2D eigenvalue weighted by Gasteiger charge is -2.34. The summed E-state index contributed by atoms with van der Waals surface area (Å²) in [7, 11) is 0. The molecule has 0 aliphatic carbocycles. The molecule has 1 aromatic carbocycles. The van der Waals surface area contributed by atoms with Crippen LogP contribution < -0.4 is 5.32 Å². The van der Waals surface area contributed by atoms with Crippen LogP contribution in [0.25, 0.3) is 0 Å². The summed E-state index contributed by atoms with van der Waals surface area (Å²) in [6.07, 6.45) is 2.84. The van der Waals surface area contributed by atoms with Gasteiger partial charge in [0, 0.05) is 6.61 Å². The van der Waals surface area contributed by atoms with Crippen LogP contribution >= 0.6 is 0 Å². The molecule has 0 unspecified atom stereocenters. The molecule has 1 aromatic rings. The Labute approximate surface area is 155 Å². The van der Waals surface area contributed by atoms with Crippen molar-refractivity contribution in [1.82, 2.24) is 10.2 Å². The first-order chi connectivity index (χ1) is 12.8. The van der Waals surface area contributed by atoms with E-state index in [1.807, 2.05) is 0 Å². The third-order valence-electron chi connectivity index (χ3n) is 5.29. The van der Waals surface area contributed by atoms with Crippen LogP contribution in [0.3, 0.4) is 0 Å². The third-order valence-corrected chi connectivity index (χ3v) is 5.29. The molecular formula is C20H30N2O4. The molecule has 1 amide bonds. The molecule has 0 bridgehead atoms. The van der Waals surface area contributed by atoms with Crippen molar-refractivity contribution >= 4 is 5.91 Å². The number of hydrogen-bond donors (Lipinski definition) is 2. The molecule has 144 valence electrons. The van der Waals surface area contributed by atoms with E-state index in [2.05, 4.69) is 40.5 Å². The minimum atomic E-state index is -0.135. The predicted molar refractivity (Wildman–Crippen MR) is 99.0 cm³/mol. The van der Waals surface area contributed by atoms with Gasteiger partial charge in [0.2, 0.25) is 5.91 Å². The lowest BCUT2D eigenvalue weighted by Crippen LogP contribution is -2.53. The Morgan fingerprint density at radius 3 is 2.73 bits per heavy atom. The van der Waals surface area contributed by atoms with Crippen LogP contribution in [0.2, 0.25) is 0 Å². The number of rotatable bonds is 7. The second kappa shape index (κ2) is 10.0. The van der Waals surface area contributed by atoms with Crippen molar-refractivity contribution < 1.29 is 19.4 Å². The second-order valence-corrected chi connectivity index (χ2v) is 7.13. The number of piperidine rings is 1. The molecule has 6 nitrogen and oxygen atoms in total. The highest BCUT2D eigenvalue weighted by Crippen LogP contribution is 2.27. The Bertz CT molecular complexity index is 546. The third kappa shape index (κ3) is 5.51. The summed E-state index contributed by atoms with van der Waals surface area (Å²) in [5, 5.41) is 12.0. The Morgan fingerprint density at radius 2 is 2.00 bits per heavy atom. The number of carbonyl (C=O) groups excluding carboxylic acids is 1. The average molecular weight is 362 g/mol. The minimum absolute atomic E-state index is 0.00557. The summed E-state index contributed by atoms with van der Waals surface area (Å²) in [6, 6.07) is 10.5. The highest BCUT2D eigenvalue weighted by atomic mass is 16.5. The van der Waals surface area contributed by atoms with Gasteiger partial charge in [0.15, 0.2) is 0 Å². The molecule has 6 heteroatoms. The maximum absolute atomic E-state index is 12.4. The molecule has 3 rings (SSSR count). The molecular weight excluding hydrogens is 332 g/mol. The molecule has 0 saturated carbocycles. The van der Waals surface area contributed by atoms with Gasteiger partial charge in [0.05, 0.1) is 38.5 Å². The van der Waals surface area contributed by atoms with Crippen LogP contribution in [-0.2, 0) is 14.3 Å². The van der Waals surface area contributed by atoms with E-state index in [0.717, 1.165) is 32.4 Å². The summed E-state index contributed by atoms with van der Waals surface area (Å²) in [6.45, 7) is 3.70. The molecule has 26 heavy (non-hydrogen) atoms. The number of nitrogens with one attached hydrogen (secondary N) is 1. The number of hydrogen-bond acceptors (Lipinski definition) is 5. The molecule has 2 heterocycles. The smallest absolute Gasteiger partial charge is 0.234 e. The van der Waals surface area contributed by atoms with Crippen molar-refractivity contribution in [3.05, 3.63) is 35.9 Å². The van der Waals surface area contributed by atoms with Gasteiger partial charge in [-0.2, -0.15) is 0 Å². The molecule has 0 spiro atoms. The number of carbonyl (C=O) groups is 1. The molecule has 2 aliphatic heterocycles. The standard InChI is InChI=1S/C20H30N2O4/c23-11-13-26-19-8-12-25-15-18(19)21-20(24)14-22-9-6-17(7-10-22)16-4-2-1-3-5-16/h1-5,17-19,23H,6-15H2,(H,21,24)/t18-,19+/m1/s1. The second-order valence-electron chi connectivity index (χ2n) is 7.13. The van der Waals surface area contributed by atoms with Crippen LogP contribution in [-0.4, -0.2) is 74.1 Å². The van der Waals surface area contributed by atoms with E-state index in [1.54, 1.807) is 0 Å². The first kappa shape index (κ1) is 19.3. The van der Waals surface area contributed by atoms with Crippen LogP contribution in [0, 0.1) is 0 Å². The fourth-order valence-electron chi connectivity index (χ4n) is 3.86. The van der Waals surface area contributed by atoms with Crippen molar-refractivity contribution in [2.24, 2.45) is 0 Å². The first-order valence-corrected chi connectivity index (χ1v) is 9.63. The number of nitrogens with zero attached hydrogens (tertiary/aromatic N) is 1. The molecule has 0 radical (unpaired) electrons. The van der Waals surface area contributed by atoms with E-state index in [0.29, 0.717) is 32.3 Å². The fraction of sp³-hybridized carbons (Fsp3) is 0.650. The SMILES string of the molecule is O=C(CN1CCC(c2ccccc2)CC1)N[C@@H]1COCC[C@@H]1OCCO. The molecule has 2 fully saturated rings. The van der Waals surface area contributed by atoms with Gasteiger partial charge in [0.1, 0.15) is 0 Å². The normalized spacial score (nSPS) is 25.1. The topological polar surface area (TPSA) is 71.0 Å². The number of aliphatic hydroxyl groups is 1. The van der Waals surface area contributed by atoms with Crippen molar-refractivity contribution in [3.8, 4) is 0 Å². The van der Waals surface area contributed by atoms with Gasteiger partial charge in [-0.3, -0.25) is 9.69 Å². The maximum Gasteiger partial charge on any atom is 0.234 e. The van der Waals surface area contributed by atoms with Crippen LogP contribution in [0.5, 0.6) is 0 Å². The van der Waals surface area contributed by atoms with Gasteiger partial charge in [-0.1, -0.05) is 30.3 Å². The molecule has 2 saturated heterocycles. The van der Waals surface area contributed by atoms with E-state index in [9.17, 15) is 4.79 Å². The van der Waals surface area contributed by atoms with Gasteiger partial charge in [-0.15, -0.1) is 0 Å². The van der Waals surface area contributed by atoms with Crippen LogP contribution in [0.15, 0.2) is 30.3 Å². The molecule has 2 atom stereocenters. The number of benzene rings is 1. The van der Waals surface area contributed by atoms with Crippen molar-refractivity contribution in [2.45, 2.75) is 37.3 Å². The van der Waals surface area contributed by atoms with E-state index in [4.69, 9.17) is 14.6 Å². The molecule has 0 aromatic heterocycles. The van der Waals surface area contributed by atoms with Crippen molar-refractivity contribution in [2.75, 3.05) is 46.1 Å². The number of aliphatic hydroxyl groups excluding tert-OH is 1. The van der Waals surface area contributed by atoms with Crippen molar-refractivity contribution in [3.63, 3.8) is 0 Å². The largest absolute Gasteiger partial charge is 0.394 e. The summed E-state index contributed by atoms with van der Waals surface area (Å²) in [4.78, 5) is 14.7. The minimum Gasteiger partial charge on any atom is -0.394 e. The highest BCUT2D eigenvalue weighted by Gasteiger charge is 2.29. The van der Waals surface area contributed by atoms with Gasteiger partial charge in [0.25, 0.3) is 0 Å². The Hall–Kier alpha value is -1.47. The maximum atomic E-state index is 12.4. The zero-order valence-electron chi connectivity index (χ0n) is 15.3. The zero-order valence-corrected chi connectivity index (χ0v) is 15.3. The van der Waals surface area contributed by atoms with E-state index < -0.39 is 0 Å². The first-order valence-electron chi connectivity index (χ1n) is 9.63. The van der Waals surface area contributed by atoms with E-state index in [1.165, 1.54) is 5.56 Å². The van der Waals surface area contributed by atoms with Gasteiger partial charge < -0.3 is 19.9 Å². The fourth-order valence-corrected chi connectivity index (χ4v) is 3.86. The predicted octanol–water partition coefficient (Wildman–Crippen LogP) is 1.15. The average Bonchev–Trinajstić information content (AvgIpc) is 2.68. The number of amides is 1. The summed E-state index contributed by atoms with van der Waals surface area (Å²) in [5.74, 6) is 0.620. The van der Waals surface area contributed by atoms with E-state index in [-0.39, 0.29) is 24.7 Å². The van der Waals surface area contributed by atoms with E-state index >= 15 is 0 Å². The Morgan fingerprint density at radius 1 is 1.23 bits per heavy atom. The van der Waals surface area contributed by atoms with Gasteiger partial charge in [-0.25, -0.2) is 0 Å². The van der Waals surface area contributed by atoms with Crippen LogP contribution in [0.1, 0.15) is 30.7 Å². The van der Waals surface area contributed by atoms with Gasteiger partial charge in [-0.05, 0) is 43.8 Å². The van der Waals surface area contributed by atoms with Crippen LogP contribution in [0.4, 0.5) is 0 Å². The quantitative estimate of drug-likeness (QED) is 0.761. The lowest BCUT2D eigenvalue weighted by atomic mass is 9.89. The summed E-state index contributed by atoms with van der Waals surface area (Å²) >= 11 is 0. The Kier molecular flexibility index (Phi) is 7.43. The zero-order chi connectivity index (χ0) is 18.2. The van der Waals surface area contributed by atoms with Crippen molar-refractivity contribution in [1.29, 1.82) is 0 Å². The summed E-state index contributed by atoms with van der Waals surface area (Å²) < 4.78 is 11.1.